The van der Waals surface area contributed by atoms with Crippen molar-refractivity contribution in [1.82, 2.24) is 25.8 Å². The molecule has 0 spiro atoms. The Labute approximate surface area is 71.7 Å². The molecule has 2 aromatic heterocycles. The maximum absolute atomic E-state index is 4.66. The van der Waals surface area contributed by atoms with Gasteiger partial charge in [0.15, 0.2) is 0 Å². The van der Waals surface area contributed by atoms with Gasteiger partial charge in [0, 0.05) is 11.8 Å². The number of tetrazole rings is 1. The number of aromatic nitrogens is 5. The molecule has 0 radical (unpaired) electrons. The average Bonchev–Trinajstić information content (AvgIpc) is 2.74. The second-order valence-electron chi connectivity index (χ2n) is 1.97. The van der Waals surface area contributed by atoms with Crippen LogP contribution in [0.25, 0.3) is 0 Å². The Kier molecular flexibility index (Phi) is 2.04. The summed E-state index contributed by atoms with van der Waals surface area (Å²) in [5, 5.41) is 17.7. The van der Waals surface area contributed by atoms with E-state index in [2.05, 4.69) is 30.3 Å². The summed E-state index contributed by atoms with van der Waals surface area (Å²) in [7, 11) is 0. The van der Waals surface area contributed by atoms with Gasteiger partial charge in [0.1, 0.15) is 6.26 Å². The van der Waals surface area contributed by atoms with Crippen LogP contribution in [0.4, 0.5) is 0 Å². The number of hydrogen-bond donors (Lipinski definition) is 1. The Morgan fingerprint density at radius 2 is 2.58 bits per heavy atom. The Balaban J connectivity index is 1.91. The second-order valence-corrected chi connectivity index (χ2v) is 2.92. The predicted molar refractivity (Wildman–Crippen MR) is 40.2 cm³/mol. The molecule has 0 atom stereocenters. The summed E-state index contributed by atoms with van der Waals surface area (Å²) in [6.45, 7) is 0. The van der Waals surface area contributed by atoms with Crippen LogP contribution in [0.1, 0.15) is 5.69 Å². The summed E-state index contributed by atoms with van der Waals surface area (Å²) in [5.41, 5.74) is 0.866. The monoisotopic (exact) mass is 183 g/mol. The first-order valence-corrected chi connectivity index (χ1v) is 4.19. The van der Waals surface area contributed by atoms with Gasteiger partial charge in [0.2, 0.25) is 5.16 Å². The standard InChI is InChI=1S/C5H5N5OS/c1-2-11-8-4(1)3-12-5-6-9-10-7-5/h1-2H,3H2,(H,6,7,9,10). The van der Waals surface area contributed by atoms with Crippen LogP contribution in [0.2, 0.25) is 0 Å². The van der Waals surface area contributed by atoms with E-state index in [1.54, 1.807) is 6.07 Å². The minimum atomic E-state index is 0.609. The SMILES string of the molecule is c1cc(CSc2nn[nH]n2)no1. The zero-order chi connectivity index (χ0) is 8.23. The lowest BCUT2D eigenvalue weighted by Gasteiger charge is -1.87. The maximum Gasteiger partial charge on any atom is 0.231 e. The van der Waals surface area contributed by atoms with Crippen molar-refractivity contribution in [2.45, 2.75) is 10.9 Å². The Morgan fingerprint density at radius 3 is 3.25 bits per heavy atom. The van der Waals surface area contributed by atoms with Crippen LogP contribution in [-0.4, -0.2) is 25.8 Å². The Bertz CT molecular complexity index is 283. The number of aromatic amines is 1. The van der Waals surface area contributed by atoms with Crippen molar-refractivity contribution in [1.29, 1.82) is 0 Å². The fourth-order valence-electron chi connectivity index (χ4n) is 0.664. The van der Waals surface area contributed by atoms with Gasteiger partial charge in [0.05, 0.1) is 5.69 Å². The molecule has 0 aliphatic rings. The fraction of sp³-hybridized carbons (Fsp3) is 0.200. The van der Waals surface area contributed by atoms with Crippen molar-refractivity contribution in [2.75, 3.05) is 0 Å². The molecule has 0 bridgehead atoms. The molecule has 2 rings (SSSR count). The highest BCUT2D eigenvalue weighted by molar-refractivity contribution is 7.98. The molecule has 0 amide bonds. The van der Waals surface area contributed by atoms with Gasteiger partial charge in [0.25, 0.3) is 0 Å². The zero-order valence-corrected chi connectivity index (χ0v) is 6.78. The highest BCUT2D eigenvalue weighted by Gasteiger charge is 2.01. The molecule has 6 nitrogen and oxygen atoms in total. The molecule has 1 N–H and O–H groups in total. The summed E-state index contributed by atoms with van der Waals surface area (Å²) >= 11 is 1.45. The zero-order valence-electron chi connectivity index (χ0n) is 5.97. The molecule has 7 heteroatoms. The molecule has 0 saturated carbocycles. The van der Waals surface area contributed by atoms with E-state index in [1.807, 2.05) is 0 Å². The summed E-state index contributed by atoms with van der Waals surface area (Å²) in [4.78, 5) is 0. The van der Waals surface area contributed by atoms with Gasteiger partial charge in [-0.05, 0) is 5.21 Å². The van der Waals surface area contributed by atoms with Crippen molar-refractivity contribution >= 4 is 11.8 Å². The first-order chi connectivity index (χ1) is 5.95. The van der Waals surface area contributed by atoms with Gasteiger partial charge in [-0.15, -0.1) is 10.2 Å². The third-order valence-corrected chi connectivity index (χ3v) is 2.04. The first kappa shape index (κ1) is 7.29. The first-order valence-electron chi connectivity index (χ1n) is 3.20. The van der Waals surface area contributed by atoms with Gasteiger partial charge >= 0.3 is 0 Å². The van der Waals surface area contributed by atoms with Crippen molar-refractivity contribution in [2.24, 2.45) is 0 Å². The molecule has 0 aliphatic heterocycles. The normalized spacial score (nSPS) is 10.3. The van der Waals surface area contributed by atoms with Crippen LogP contribution >= 0.6 is 11.8 Å². The van der Waals surface area contributed by atoms with Crippen molar-refractivity contribution < 1.29 is 4.52 Å². The summed E-state index contributed by atoms with van der Waals surface area (Å²) in [6, 6.07) is 1.80. The summed E-state index contributed by atoms with van der Waals surface area (Å²) in [6.07, 6.45) is 1.53. The molecule has 12 heavy (non-hydrogen) atoms. The summed E-state index contributed by atoms with van der Waals surface area (Å²) in [5.74, 6) is 0.691. The van der Waals surface area contributed by atoms with Gasteiger partial charge in [-0.25, -0.2) is 0 Å². The van der Waals surface area contributed by atoms with E-state index in [1.165, 1.54) is 18.0 Å². The molecule has 2 heterocycles. The van der Waals surface area contributed by atoms with Crippen LogP contribution in [-0.2, 0) is 5.75 Å². The lowest BCUT2D eigenvalue weighted by atomic mass is 10.5. The smallest absolute Gasteiger partial charge is 0.231 e. The van der Waals surface area contributed by atoms with E-state index in [-0.39, 0.29) is 0 Å². The van der Waals surface area contributed by atoms with Crippen LogP contribution < -0.4 is 0 Å². The van der Waals surface area contributed by atoms with Crippen molar-refractivity contribution in [3.8, 4) is 0 Å². The second kappa shape index (κ2) is 3.35. The highest BCUT2D eigenvalue weighted by Crippen LogP contribution is 2.15. The van der Waals surface area contributed by atoms with Crippen molar-refractivity contribution in [3.63, 3.8) is 0 Å². The predicted octanol–water partition coefficient (Wildman–Crippen LogP) is 0.480. The van der Waals surface area contributed by atoms with Gasteiger partial charge in [-0.3, -0.25) is 0 Å². The molecule has 62 valence electrons. The van der Waals surface area contributed by atoms with Crippen LogP contribution in [0.5, 0.6) is 0 Å². The molecular weight excluding hydrogens is 178 g/mol. The van der Waals surface area contributed by atoms with E-state index < -0.39 is 0 Å². The number of nitrogens with zero attached hydrogens (tertiary/aromatic N) is 4. The molecule has 0 fully saturated rings. The molecule has 0 unspecified atom stereocenters. The van der Waals surface area contributed by atoms with Gasteiger partial charge in [-0.2, -0.15) is 5.21 Å². The summed E-state index contributed by atoms with van der Waals surface area (Å²) < 4.78 is 4.66. The number of H-pyrrole nitrogens is 1. The largest absolute Gasteiger partial charge is 0.364 e. The Hall–Kier alpha value is -1.37. The number of rotatable bonds is 3. The topological polar surface area (TPSA) is 80.5 Å². The van der Waals surface area contributed by atoms with E-state index >= 15 is 0 Å². The molecule has 2 aromatic rings. The minimum absolute atomic E-state index is 0.609. The van der Waals surface area contributed by atoms with Gasteiger partial charge < -0.3 is 4.52 Å². The van der Waals surface area contributed by atoms with Crippen LogP contribution in [0, 0.1) is 0 Å². The lowest BCUT2D eigenvalue weighted by Crippen LogP contribution is -1.80. The fourth-order valence-corrected chi connectivity index (χ4v) is 1.29. The third-order valence-electron chi connectivity index (χ3n) is 1.17. The van der Waals surface area contributed by atoms with Crippen molar-refractivity contribution in [3.05, 3.63) is 18.0 Å². The third kappa shape index (κ3) is 1.62. The minimum Gasteiger partial charge on any atom is -0.364 e. The van der Waals surface area contributed by atoms with E-state index in [0.29, 0.717) is 10.9 Å². The van der Waals surface area contributed by atoms with Crippen LogP contribution in [0.3, 0.4) is 0 Å². The Morgan fingerprint density at radius 1 is 1.58 bits per heavy atom. The van der Waals surface area contributed by atoms with Crippen LogP contribution in [0.15, 0.2) is 22.0 Å². The maximum atomic E-state index is 4.66. The highest BCUT2D eigenvalue weighted by atomic mass is 32.2. The lowest BCUT2D eigenvalue weighted by molar-refractivity contribution is 0.414. The van der Waals surface area contributed by atoms with E-state index in [0.717, 1.165) is 5.69 Å². The molecule has 0 aliphatic carbocycles. The average molecular weight is 183 g/mol. The van der Waals surface area contributed by atoms with E-state index in [9.17, 15) is 0 Å². The number of nitrogens with one attached hydrogen (secondary N) is 1. The quantitative estimate of drug-likeness (QED) is 0.697. The van der Waals surface area contributed by atoms with E-state index in [4.69, 9.17) is 0 Å². The number of thioether (sulfide) groups is 1. The molecule has 0 aromatic carbocycles. The molecule has 0 saturated heterocycles. The number of hydrogen-bond acceptors (Lipinski definition) is 6. The van der Waals surface area contributed by atoms with Gasteiger partial charge in [-0.1, -0.05) is 16.9 Å². The molecular formula is C5H5N5OS.